The van der Waals surface area contributed by atoms with Crippen LogP contribution in [0.4, 0.5) is 0 Å². The largest absolute Gasteiger partial charge is 0.305 e. The van der Waals surface area contributed by atoms with Gasteiger partial charge in [-0.3, -0.25) is 0 Å². The zero-order valence-electron chi connectivity index (χ0n) is 8.34. The van der Waals surface area contributed by atoms with Gasteiger partial charge in [0.15, 0.2) is 0 Å². The Hall–Kier alpha value is -1.48. The molecular weight excluding hydrogens is 204 g/mol. The molecular formula is C12H10N2S. The third kappa shape index (κ3) is 1.31. The van der Waals surface area contributed by atoms with Gasteiger partial charge in [-0.1, -0.05) is 24.3 Å². The van der Waals surface area contributed by atoms with E-state index in [1.807, 2.05) is 6.26 Å². The van der Waals surface area contributed by atoms with Crippen LogP contribution in [0.5, 0.6) is 0 Å². The molecule has 0 saturated heterocycles. The quantitative estimate of drug-likeness (QED) is 0.579. The summed E-state index contributed by atoms with van der Waals surface area (Å²) in [5.41, 5.74) is 1.04. The minimum absolute atomic E-state index is 1.04. The first-order chi connectivity index (χ1) is 7.38. The molecule has 0 fully saturated rings. The van der Waals surface area contributed by atoms with Crippen LogP contribution in [0, 0.1) is 0 Å². The molecule has 15 heavy (non-hydrogen) atoms. The van der Waals surface area contributed by atoms with Crippen molar-refractivity contribution in [2.45, 2.75) is 5.03 Å². The Morgan fingerprint density at radius 1 is 1.20 bits per heavy atom. The lowest BCUT2D eigenvalue weighted by Gasteiger charge is -1.98. The molecule has 2 heterocycles. The molecule has 0 aliphatic carbocycles. The third-order valence-corrected chi connectivity index (χ3v) is 3.15. The van der Waals surface area contributed by atoms with Crippen LogP contribution in [0.15, 0.2) is 47.8 Å². The molecule has 0 aliphatic heterocycles. The maximum atomic E-state index is 4.59. The van der Waals surface area contributed by atoms with E-state index in [-0.39, 0.29) is 0 Å². The van der Waals surface area contributed by atoms with E-state index in [2.05, 4.69) is 52.1 Å². The number of imidazole rings is 1. The highest BCUT2D eigenvalue weighted by Gasteiger charge is 2.03. The maximum Gasteiger partial charge on any atom is 0.145 e. The maximum absolute atomic E-state index is 4.59. The first-order valence-electron chi connectivity index (χ1n) is 4.79. The first kappa shape index (κ1) is 8.80. The van der Waals surface area contributed by atoms with Crippen LogP contribution >= 0.6 is 11.8 Å². The van der Waals surface area contributed by atoms with Crippen molar-refractivity contribution in [3.05, 3.63) is 42.7 Å². The first-order valence-corrected chi connectivity index (χ1v) is 6.01. The van der Waals surface area contributed by atoms with Gasteiger partial charge >= 0.3 is 0 Å². The second-order valence-electron chi connectivity index (χ2n) is 3.42. The highest BCUT2D eigenvalue weighted by Crippen LogP contribution is 2.22. The van der Waals surface area contributed by atoms with Crippen LogP contribution in [0.1, 0.15) is 0 Å². The van der Waals surface area contributed by atoms with Gasteiger partial charge in [-0.05, 0) is 17.7 Å². The summed E-state index contributed by atoms with van der Waals surface area (Å²) in [5.74, 6) is 0. The second kappa shape index (κ2) is 3.28. The Morgan fingerprint density at radius 3 is 2.93 bits per heavy atom. The standard InChI is InChI=1S/C12H10N2S/c1-15-11-8-14-7-6-9-4-2-3-5-10(9)12(14)13-11/h2-8H,1H3. The van der Waals surface area contributed by atoms with Gasteiger partial charge in [0.25, 0.3) is 0 Å². The average molecular weight is 214 g/mol. The highest BCUT2D eigenvalue weighted by molar-refractivity contribution is 7.98. The molecule has 0 amide bonds. The molecule has 0 saturated carbocycles. The topological polar surface area (TPSA) is 17.3 Å². The van der Waals surface area contributed by atoms with Crippen LogP contribution in [0.25, 0.3) is 16.4 Å². The summed E-state index contributed by atoms with van der Waals surface area (Å²) >= 11 is 1.67. The Morgan fingerprint density at radius 2 is 2.07 bits per heavy atom. The van der Waals surface area contributed by atoms with Crippen molar-refractivity contribution in [1.82, 2.24) is 9.38 Å². The molecule has 0 unspecified atom stereocenters. The number of pyridine rings is 1. The summed E-state index contributed by atoms with van der Waals surface area (Å²) in [6, 6.07) is 10.5. The third-order valence-electron chi connectivity index (χ3n) is 2.54. The van der Waals surface area contributed by atoms with E-state index in [0.717, 1.165) is 10.7 Å². The summed E-state index contributed by atoms with van der Waals surface area (Å²) < 4.78 is 2.08. The molecule has 0 radical (unpaired) electrons. The summed E-state index contributed by atoms with van der Waals surface area (Å²) in [4.78, 5) is 4.59. The van der Waals surface area contributed by atoms with Gasteiger partial charge < -0.3 is 4.40 Å². The van der Waals surface area contributed by atoms with Gasteiger partial charge in [-0.2, -0.15) is 0 Å². The van der Waals surface area contributed by atoms with Crippen molar-refractivity contribution in [2.24, 2.45) is 0 Å². The lowest BCUT2D eigenvalue weighted by molar-refractivity contribution is 1.19. The SMILES string of the molecule is CSc1cn2ccc3ccccc3c2n1. The monoisotopic (exact) mass is 214 g/mol. The van der Waals surface area contributed by atoms with Crippen molar-refractivity contribution < 1.29 is 0 Å². The van der Waals surface area contributed by atoms with Gasteiger partial charge in [0.2, 0.25) is 0 Å². The molecule has 0 N–H and O–H groups in total. The Labute approximate surface area is 91.9 Å². The molecule has 3 aromatic rings. The molecule has 1 aromatic carbocycles. The fourth-order valence-corrected chi connectivity index (χ4v) is 2.19. The van der Waals surface area contributed by atoms with Crippen molar-refractivity contribution in [2.75, 3.05) is 6.26 Å². The normalized spacial score (nSPS) is 11.3. The van der Waals surface area contributed by atoms with E-state index in [1.54, 1.807) is 11.8 Å². The fraction of sp³-hybridized carbons (Fsp3) is 0.0833. The average Bonchev–Trinajstić information content (AvgIpc) is 2.72. The summed E-state index contributed by atoms with van der Waals surface area (Å²) in [6.07, 6.45) is 6.17. The number of rotatable bonds is 1. The van der Waals surface area contributed by atoms with Crippen molar-refractivity contribution in [3.63, 3.8) is 0 Å². The zero-order chi connectivity index (χ0) is 10.3. The number of hydrogen-bond acceptors (Lipinski definition) is 2. The molecule has 0 spiro atoms. The van der Waals surface area contributed by atoms with E-state index >= 15 is 0 Å². The molecule has 0 aliphatic rings. The van der Waals surface area contributed by atoms with Crippen LogP contribution in [0.3, 0.4) is 0 Å². The fourth-order valence-electron chi connectivity index (χ4n) is 1.79. The van der Waals surface area contributed by atoms with Gasteiger partial charge in [-0.25, -0.2) is 4.98 Å². The molecule has 2 aromatic heterocycles. The summed E-state index contributed by atoms with van der Waals surface area (Å²) in [6.45, 7) is 0. The molecule has 0 atom stereocenters. The van der Waals surface area contributed by atoms with Crippen molar-refractivity contribution >= 4 is 28.2 Å². The van der Waals surface area contributed by atoms with Gasteiger partial charge in [0, 0.05) is 17.8 Å². The van der Waals surface area contributed by atoms with E-state index < -0.39 is 0 Å². The molecule has 3 heteroatoms. The Kier molecular flexibility index (Phi) is 1.92. The number of aromatic nitrogens is 2. The summed E-state index contributed by atoms with van der Waals surface area (Å²) in [7, 11) is 0. The number of benzene rings is 1. The van der Waals surface area contributed by atoms with Crippen molar-refractivity contribution in [3.8, 4) is 0 Å². The highest BCUT2D eigenvalue weighted by atomic mass is 32.2. The van der Waals surface area contributed by atoms with E-state index in [9.17, 15) is 0 Å². The zero-order valence-corrected chi connectivity index (χ0v) is 9.16. The number of hydrogen-bond donors (Lipinski definition) is 0. The molecule has 0 bridgehead atoms. The number of nitrogens with zero attached hydrogens (tertiary/aromatic N) is 2. The molecule has 3 rings (SSSR count). The van der Waals surface area contributed by atoms with Gasteiger partial charge in [0.05, 0.1) is 0 Å². The smallest absolute Gasteiger partial charge is 0.145 e. The van der Waals surface area contributed by atoms with Gasteiger partial charge in [-0.15, -0.1) is 11.8 Å². The van der Waals surface area contributed by atoms with Crippen LogP contribution < -0.4 is 0 Å². The van der Waals surface area contributed by atoms with Gasteiger partial charge in [0.1, 0.15) is 10.7 Å². The minimum Gasteiger partial charge on any atom is -0.305 e. The van der Waals surface area contributed by atoms with E-state index in [4.69, 9.17) is 0 Å². The minimum atomic E-state index is 1.04. The van der Waals surface area contributed by atoms with E-state index in [1.165, 1.54) is 10.8 Å². The Balaban J connectivity index is 2.47. The predicted molar refractivity (Wildman–Crippen MR) is 64.5 cm³/mol. The van der Waals surface area contributed by atoms with E-state index in [0.29, 0.717) is 0 Å². The lowest BCUT2D eigenvalue weighted by Crippen LogP contribution is -1.83. The second-order valence-corrected chi connectivity index (χ2v) is 4.24. The Bertz CT molecular complexity index is 628. The lowest BCUT2D eigenvalue weighted by atomic mass is 10.2. The number of thioether (sulfide) groups is 1. The number of fused-ring (bicyclic) bond motifs is 3. The van der Waals surface area contributed by atoms with Crippen LogP contribution in [-0.4, -0.2) is 15.6 Å². The molecule has 2 nitrogen and oxygen atoms in total. The summed E-state index contributed by atoms with van der Waals surface area (Å²) in [5, 5.41) is 3.51. The van der Waals surface area contributed by atoms with Crippen LogP contribution in [-0.2, 0) is 0 Å². The van der Waals surface area contributed by atoms with Crippen molar-refractivity contribution in [1.29, 1.82) is 0 Å². The molecule has 74 valence electrons. The predicted octanol–water partition coefficient (Wildman–Crippen LogP) is 3.21. The van der Waals surface area contributed by atoms with Crippen LogP contribution in [0.2, 0.25) is 0 Å².